The lowest BCUT2D eigenvalue weighted by atomic mass is 10.1. The highest BCUT2D eigenvalue weighted by Crippen LogP contribution is 2.30. The van der Waals surface area contributed by atoms with E-state index in [1.165, 1.54) is 0 Å². The van der Waals surface area contributed by atoms with Gasteiger partial charge in [-0.15, -0.1) is 0 Å². The Hall–Kier alpha value is -0.590. The number of hydrogen-bond acceptors (Lipinski definition) is 2. The van der Waals surface area contributed by atoms with E-state index >= 15 is 0 Å². The van der Waals surface area contributed by atoms with Crippen molar-refractivity contribution in [2.75, 3.05) is 0 Å². The van der Waals surface area contributed by atoms with Gasteiger partial charge in [0.25, 0.3) is 0 Å². The number of nitrogens with zero attached hydrogens (tertiary/aromatic N) is 2. The van der Waals surface area contributed by atoms with Crippen LogP contribution in [0.25, 0.3) is 0 Å². The molecular weight excluding hydrogens is 363 g/mol. The molecule has 1 N–H and O–H groups in total. The molecule has 2 rings (SSSR count). The van der Waals surface area contributed by atoms with Crippen molar-refractivity contribution in [1.29, 1.82) is 0 Å². The molecule has 0 radical (unpaired) electrons. The first-order valence-corrected chi connectivity index (χ1v) is 7.12. The average molecular weight is 377 g/mol. The van der Waals surface area contributed by atoms with Gasteiger partial charge >= 0.3 is 0 Å². The van der Waals surface area contributed by atoms with E-state index in [0.29, 0.717) is 10.7 Å². The highest BCUT2D eigenvalue weighted by atomic mass is 127. The molecule has 1 aromatic carbocycles. The van der Waals surface area contributed by atoms with E-state index in [2.05, 4.69) is 27.7 Å². The Kier molecular flexibility index (Phi) is 4.29. The molecule has 0 aliphatic heterocycles. The van der Waals surface area contributed by atoms with E-state index in [4.69, 9.17) is 11.6 Å². The number of aliphatic hydroxyl groups excluding tert-OH is 1. The van der Waals surface area contributed by atoms with Gasteiger partial charge in [0.15, 0.2) is 0 Å². The van der Waals surface area contributed by atoms with Crippen molar-refractivity contribution in [2.24, 2.45) is 0 Å². The lowest BCUT2D eigenvalue weighted by Gasteiger charge is -2.16. The van der Waals surface area contributed by atoms with Gasteiger partial charge in [-0.1, -0.05) is 23.7 Å². The average Bonchev–Trinajstić information content (AvgIpc) is 2.71. The summed E-state index contributed by atoms with van der Waals surface area (Å²) in [7, 11) is 0. The van der Waals surface area contributed by atoms with Gasteiger partial charge in [0.1, 0.15) is 6.10 Å². The Morgan fingerprint density at radius 2 is 1.89 bits per heavy atom. The standard InChI is InChI=1S/C13H14ClIN2O/c1-8(2)17-12(11(14)7-16-17)13(18)9-3-5-10(15)6-4-9/h3-8,13,18H,1-2H3. The number of hydrogen-bond donors (Lipinski definition) is 1. The predicted octanol–water partition coefficient (Wildman–Crippen LogP) is 3.80. The summed E-state index contributed by atoms with van der Waals surface area (Å²) in [6.45, 7) is 4.01. The molecule has 0 spiro atoms. The smallest absolute Gasteiger partial charge is 0.122 e. The Morgan fingerprint density at radius 1 is 1.28 bits per heavy atom. The zero-order valence-corrected chi connectivity index (χ0v) is 13.1. The zero-order chi connectivity index (χ0) is 13.3. The fraction of sp³-hybridized carbons (Fsp3) is 0.308. The molecule has 0 saturated heterocycles. The summed E-state index contributed by atoms with van der Waals surface area (Å²) in [6.07, 6.45) is 0.826. The molecule has 0 saturated carbocycles. The van der Waals surface area contributed by atoms with Gasteiger partial charge in [0.2, 0.25) is 0 Å². The lowest BCUT2D eigenvalue weighted by molar-refractivity contribution is 0.205. The molecule has 3 nitrogen and oxygen atoms in total. The van der Waals surface area contributed by atoms with Gasteiger partial charge in [-0.25, -0.2) is 0 Å². The molecule has 0 bridgehead atoms. The van der Waals surface area contributed by atoms with Gasteiger partial charge in [0.05, 0.1) is 16.9 Å². The van der Waals surface area contributed by atoms with Crippen molar-refractivity contribution in [3.05, 3.63) is 50.3 Å². The van der Waals surface area contributed by atoms with Crippen LogP contribution in [0.3, 0.4) is 0 Å². The Labute approximate surface area is 125 Å². The van der Waals surface area contributed by atoms with Crippen molar-refractivity contribution < 1.29 is 5.11 Å². The van der Waals surface area contributed by atoms with E-state index in [9.17, 15) is 5.11 Å². The fourth-order valence-corrected chi connectivity index (χ4v) is 2.41. The maximum atomic E-state index is 10.4. The SMILES string of the molecule is CC(C)n1ncc(Cl)c1C(O)c1ccc(I)cc1. The van der Waals surface area contributed by atoms with E-state index < -0.39 is 6.10 Å². The van der Waals surface area contributed by atoms with Crippen LogP contribution in [0.4, 0.5) is 0 Å². The summed E-state index contributed by atoms with van der Waals surface area (Å²) < 4.78 is 2.89. The van der Waals surface area contributed by atoms with Gasteiger partial charge < -0.3 is 5.11 Å². The quantitative estimate of drug-likeness (QED) is 0.827. The first kappa shape index (κ1) is 13.8. The van der Waals surface area contributed by atoms with Crippen LogP contribution in [0.1, 0.15) is 37.3 Å². The second kappa shape index (κ2) is 5.59. The Balaban J connectivity index is 2.42. The summed E-state index contributed by atoms with van der Waals surface area (Å²) in [4.78, 5) is 0. The highest BCUT2D eigenvalue weighted by molar-refractivity contribution is 14.1. The molecule has 1 aromatic heterocycles. The normalized spacial score (nSPS) is 13.0. The second-order valence-electron chi connectivity index (χ2n) is 4.37. The third-order valence-corrected chi connectivity index (χ3v) is 3.73. The van der Waals surface area contributed by atoms with Crippen molar-refractivity contribution in [3.63, 3.8) is 0 Å². The van der Waals surface area contributed by atoms with Crippen molar-refractivity contribution in [2.45, 2.75) is 26.0 Å². The third kappa shape index (κ3) is 2.70. The van der Waals surface area contributed by atoms with Gasteiger partial charge in [-0.3, -0.25) is 4.68 Å². The molecular formula is C13H14ClIN2O. The van der Waals surface area contributed by atoms with Crippen LogP contribution < -0.4 is 0 Å². The maximum Gasteiger partial charge on any atom is 0.122 e. The number of halogens is 2. The summed E-state index contributed by atoms with van der Waals surface area (Å²) in [5, 5.41) is 15.1. The molecule has 1 unspecified atom stereocenters. The predicted molar refractivity (Wildman–Crippen MR) is 80.8 cm³/mol. The molecule has 1 heterocycles. The topological polar surface area (TPSA) is 38.0 Å². The van der Waals surface area contributed by atoms with Crippen LogP contribution in [0.5, 0.6) is 0 Å². The first-order valence-electron chi connectivity index (χ1n) is 5.67. The molecule has 5 heteroatoms. The molecule has 0 fully saturated rings. The molecule has 0 amide bonds. The van der Waals surface area contributed by atoms with Crippen molar-refractivity contribution >= 4 is 34.2 Å². The molecule has 1 atom stereocenters. The van der Waals surface area contributed by atoms with Crippen LogP contribution in [0.2, 0.25) is 5.02 Å². The first-order chi connectivity index (χ1) is 8.50. The monoisotopic (exact) mass is 376 g/mol. The second-order valence-corrected chi connectivity index (χ2v) is 6.02. The molecule has 0 aliphatic rings. The summed E-state index contributed by atoms with van der Waals surface area (Å²) in [6, 6.07) is 7.89. The highest BCUT2D eigenvalue weighted by Gasteiger charge is 2.21. The van der Waals surface area contributed by atoms with Crippen molar-refractivity contribution in [1.82, 2.24) is 9.78 Å². The number of aliphatic hydroxyl groups is 1. The van der Waals surface area contributed by atoms with Gasteiger partial charge in [-0.05, 0) is 54.1 Å². The summed E-state index contributed by atoms with van der Waals surface area (Å²) in [5.41, 5.74) is 1.47. The number of aromatic nitrogens is 2. The van der Waals surface area contributed by atoms with E-state index in [-0.39, 0.29) is 6.04 Å². The zero-order valence-electron chi connectivity index (χ0n) is 10.1. The maximum absolute atomic E-state index is 10.4. The summed E-state index contributed by atoms with van der Waals surface area (Å²) >= 11 is 8.35. The molecule has 96 valence electrons. The van der Waals surface area contributed by atoms with Gasteiger partial charge in [0, 0.05) is 9.61 Å². The minimum absolute atomic E-state index is 0.158. The van der Waals surface area contributed by atoms with Crippen molar-refractivity contribution in [3.8, 4) is 0 Å². The largest absolute Gasteiger partial charge is 0.382 e. The van der Waals surface area contributed by atoms with Crippen LogP contribution in [0.15, 0.2) is 30.5 Å². The fourth-order valence-electron chi connectivity index (χ4n) is 1.82. The van der Waals surface area contributed by atoms with Crippen LogP contribution in [-0.4, -0.2) is 14.9 Å². The third-order valence-electron chi connectivity index (χ3n) is 2.72. The van der Waals surface area contributed by atoms with E-state index in [1.54, 1.807) is 10.9 Å². The van der Waals surface area contributed by atoms with Crippen LogP contribution in [0, 0.1) is 3.57 Å². The van der Waals surface area contributed by atoms with E-state index in [0.717, 1.165) is 9.13 Å². The molecule has 2 aromatic rings. The van der Waals surface area contributed by atoms with Crippen LogP contribution >= 0.6 is 34.2 Å². The van der Waals surface area contributed by atoms with Gasteiger partial charge in [-0.2, -0.15) is 5.10 Å². The van der Waals surface area contributed by atoms with E-state index in [1.807, 2.05) is 38.1 Å². The lowest BCUT2D eigenvalue weighted by Crippen LogP contribution is -2.12. The Morgan fingerprint density at radius 3 is 2.44 bits per heavy atom. The Bertz CT molecular complexity index is 536. The number of benzene rings is 1. The molecule has 0 aliphatic carbocycles. The molecule has 18 heavy (non-hydrogen) atoms. The van der Waals surface area contributed by atoms with Crippen LogP contribution in [-0.2, 0) is 0 Å². The minimum atomic E-state index is -0.751. The summed E-state index contributed by atoms with van der Waals surface area (Å²) in [5.74, 6) is 0. The minimum Gasteiger partial charge on any atom is -0.382 e. The number of rotatable bonds is 3.